The van der Waals surface area contributed by atoms with Crippen LogP contribution in [-0.2, 0) is 11.3 Å². The lowest BCUT2D eigenvalue weighted by Crippen LogP contribution is -1.79. The maximum Gasteiger partial charge on any atom is 0.0806 e. The van der Waals surface area contributed by atoms with Gasteiger partial charge in [-0.15, -0.1) is 11.3 Å². The zero-order valence-corrected chi connectivity index (χ0v) is 9.61. The third-order valence-electron chi connectivity index (χ3n) is 1.82. The highest BCUT2D eigenvalue weighted by Crippen LogP contribution is 2.28. The molecular formula is C10H9BrOS. The average molecular weight is 257 g/mol. The highest BCUT2D eigenvalue weighted by Gasteiger charge is 2.01. The first-order valence-corrected chi connectivity index (χ1v) is 5.57. The SMILES string of the molecule is COCc1cc2cc(Br)ccc2s1. The smallest absolute Gasteiger partial charge is 0.0806 e. The summed E-state index contributed by atoms with van der Waals surface area (Å²) in [7, 11) is 1.72. The van der Waals surface area contributed by atoms with Gasteiger partial charge in [0.1, 0.15) is 0 Å². The molecule has 0 saturated heterocycles. The highest BCUT2D eigenvalue weighted by atomic mass is 79.9. The Labute approximate surface area is 89.5 Å². The molecule has 0 fully saturated rings. The second-order valence-electron chi connectivity index (χ2n) is 2.83. The van der Waals surface area contributed by atoms with Crippen molar-refractivity contribution in [3.8, 4) is 0 Å². The van der Waals surface area contributed by atoms with Crippen molar-refractivity contribution < 1.29 is 4.74 Å². The maximum absolute atomic E-state index is 5.09. The number of fused-ring (bicyclic) bond motifs is 1. The number of hydrogen-bond donors (Lipinski definition) is 0. The van der Waals surface area contributed by atoms with E-state index < -0.39 is 0 Å². The Morgan fingerprint density at radius 2 is 2.23 bits per heavy atom. The van der Waals surface area contributed by atoms with Gasteiger partial charge in [0.25, 0.3) is 0 Å². The minimum atomic E-state index is 0.705. The fraction of sp³-hybridized carbons (Fsp3) is 0.200. The number of rotatable bonds is 2. The van der Waals surface area contributed by atoms with Gasteiger partial charge >= 0.3 is 0 Å². The summed E-state index contributed by atoms with van der Waals surface area (Å²) < 4.78 is 7.53. The van der Waals surface area contributed by atoms with E-state index in [-0.39, 0.29) is 0 Å². The molecule has 13 heavy (non-hydrogen) atoms. The van der Waals surface area contributed by atoms with E-state index in [1.807, 2.05) is 0 Å². The fourth-order valence-electron chi connectivity index (χ4n) is 1.28. The van der Waals surface area contributed by atoms with E-state index in [1.54, 1.807) is 18.4 Å². The molecule has 1 heterocycles. The molecule has 1 aromatic heterocycles. The first kappa shape index (κ1) is 9.19. The molecule has 0 bridgehead atoms. The van der Waals surface area contributed by atoms with Crippen LogP contribution in [0.4, 0.5) is 0 Å². The van der Waals surface area contributed by atoms with Crippen LogP contribution < -0.4 is 0 Å². The van der Waals surface area contributed by atoms with Crippen LogP contribution in [0.1, 0.15) is 4.88 Å². The zero-order valence-electron chi connectivity index (χ0n) is 7.21. The first-order valence-electron chi connectivity index (χ1n) is 3.96. The van der Waals surface area contributed by atoms with Crippen LogP contribution in [0.15, 0.2) is 28.7 Å². The average Bonchev–Trinajstić information content (AvgIpc) is 2.46. The molecule has 68 valence electrons. The van der Waals surface area contributed by atoms with E-state index in [4.69, 9.17) is 4.74 Å². The van der Waals surface area contributed by atoms with Gasteiger partial charge in [0.15, 0.2) is 0 Å². The van der Waals surface area contributed by atoms with Crippen molar-refractivity contribution in [3.05, 3.63) is 33.6 Å². The van der Waals surface area contributed by atoms with Crippen molar-refractivity contribution in [2.45, 2.75) is 6.61 Å². The Morgan fingerprint density at radius 3 is 3.00 bits per heavy atom. The van der Waals surface area contributed by atoms with Crippen LogP contribution in [-0.4, -0.2) is 7.11 Å². The Balaban J connectivity index is 2.49. The van der Waals surface area contributed by atoms with E-state index in [0.717, 1.165) is 4.47 Å². The van der Waals surface area contributed by atoms with Gasteiger partial charge in [0.05, 0.1) is 6.61 Å². The van der Waals surface area contributed by atoms with Gasteiger partial charge in [-0.2, -0.15) is 0 Å². The predicted molar refractivity (Wildman–Crippen MR) is 60.2 cm³/mol. The van der Waals surface area contributed by atoms with E-state index in [9.17, 15) is 0 Å². The van der Waals surface area contributed by atoms with E-state index in [1.165, 1.54) is 15.0 Å². The molecule has 1 aromatic carbocycles. The number of methoxy groups -OCH3 is 1. The van der Waals surface area contributed by atoms with Crippen molar-refractivity contribution in [2.75, 3.05) is 7.11 Å². The Hall–Kier alpha value is -0.380. The monoisotopic (exact) mass is 256 g/mol. The molecule has 0 aliphatic heterocycles. The molecule has 0 N–H and O–H groups in total. The molecule has 1 nitrogen and oxygen atoms in total. The number of ether oxygens (including phenoxy) is 1. The molecule has 0 aliphatic rings. The van der Waals surface area contributed by atoms with Crippen LogP contribution in [0.2, 0.25) is 0 Å². The summed E-state index contributed by atoms with van der Waals surface area (Å²) in [5, 5.41) is 1.28. The van der Waals surface area contributed by atoms with E-state index in [0.29, 0.717) is 6.61 Å². The summed E-state index contributed by atoms with van der Waals surface area (Å²) in [4.78, 5) is 1.27. The highest BCUT2D eigenvalue weighted by molar-refractivity contribution is 9.10. The lowest BCUT2D eigenvalue weighted by atomic mass is 10.2. The molecule has 0 aliphatic carbocycles. The summed E-state index contributed by atoms with van der Waals surface area (Å²) in [5.74, 6) is 0. The Morgan fingerprint density at radius 1 is 1.38 bits per heavy atom. The summed E-state index contributed by atoms with van der Waals surface area (Å²) in [5.41, 5.74) is 0. The van der Waals surface area contributed by atoms with Gasteiger partial charge in [-0.1, -0.05) is 15.9 Å². The van der Waals surface area contributed by atoms with Gasteiger partial charge in [0, 0.05) is 21.2 Å². The van der Waals surface area contributed by atoms with Gasteiger partial charge < -0.3 is 4.74 Å². The number of thiophene rings is 1. The van der Waals surface area contributed by atoms with Crippen molar-refractivity contribution >= 4 is 37.4 Å². The van der Waals surface area contributed by atoms with Gasteiger partial charge in [-0.3, -0.25) is 0 Å². The minimum Gasteiger partial charge on any atom is -0.379 e. The van der Waals surface area contributed by atoms with Crippen LogP contribution >= 0.6 is 27.3 Å². The fourth-order valence-corrected chi connectivity index (χ4v) is 2.68. The third kappa shape index (κ3) is 1.93. The van der Waals surface area contributed by atoms with Gasteiger partial charge in [-0.25, -0.2) is 0 Å². The minimum absolute atomic E-state index is 0.705. The van der Waals surface area contributed by atoms with Crippen molar-refractivity contribution in [1.29, 1.82) is 0 Å². The molecule has 2 rings (SSSR count). The summed E-state index contributed by atoms with van der Waals surface area (Å²) >= 11 is 5.24. The topological polar surface area (TPSA) is 9.23 Å². The summed E-state index contributed by atoms with van der Waals surface area (Å²) in [6.07, 6.45) is 0. The Bertz CT molecular complexity index is 422. The summed E-state index contributed by atoms with van der Waals surface area (Å²) in [6.45, 7) is 0.705. The number of benzene rings is 1. The van der Waals surface area contributed by atoms with E-state index in [2.05, 4.69) is 40.2 Å². The first-order chi connectivity index (χ1) is 6.29. The van der Waals surface area contributed by atoms with Crippen LogP contribution in [0, 0.1) is 0 Å². The largest absolute Gasteiger partial charge is 0.379 e. The quantitative estimate of drug-likeness (QED) is 0.794. The molecule has 0 unspecified atom stereocenters. The third-order valence-corrected chi connectivity index (χ3v) is 3.40. The van der Waals surface area contributed by atoms with Gasteiger partial charge in [0.2, 0.25) is 0 Å². The molecule has 0 saturated carbocycles. The molecule has 0 amide bonds. The number of halogens is 1. The zero-order chi connectivity index (χ0) is 9.26. The molecule has 0 spiro atoms. The van der Waals surface area contributed by atoms with Crippen LogP contribution in [0.3, 0.4) is 0 Å². The van der Waals surface area contributed by atoms with E-state index >= 15 is 0 Å². The van der Waals surface area contributed by atoms with Crippen LogP contribution in [0.5, 0.6) is 0 Å². The second kappa shape index (κ2) is 3.78. The maximum atomic E-state index is 5.09. The van der Waals surface area contributed by atoms with Crippen molar-refractivity contribution in [3.63, 3.8) is 0 Å². The normalized spacial score (nSPS) is 10.9. The molecule has 2 aromatic rings. The van der Waals surface area contributed by atoms with Crippen molar-refractivity contribution in [2.24, 2.45) is 0 Å². The predicted octanol–water partition coefficient (Wildman–Crippen LogP) is 3.81. The van der Waals surface area contributed by atoms with Crippen molar-refractivity contribution in [1.82, 2.24) is 0 Å². The second-order valence-corrected chi connectivity index (χ2v) is 4.91. The number of hydrogen-bond acceptors (Lipinski definition) is 2. The lowest BCUT2D eigenvalue weighted by Gasteiger charge is -1.89. The van der Waals surface area contributed by atoms with Gasteiger partial charge in [-0.05, 0) is 29.7 Å². The Kier molecular flexibility index (Phi) is 2.67. The molecule has 0 radical (unpaired) electrons. The molecule has 3 heteroatoms. The molecular weight excluding hydrogens is 248 g/mol. The summed E-state index contributed by atoms with van der Waals surface area (Å²) in [6, 6.07) is 8.50. The molecule has 0 atom stereocenters. The lowest BCUT2D eigenvalue weighted by molar-refractivity contribution is 0.187. The van der Waals surface area contributed by atoms with Crippen LogP contribution in [0.25, 0.3) is 10.1 Å². The standard InChI is InChI=1S/C10H9BrOS/c1-12-6-9-5-7-4-8(11)2-3-10(7)13-9/h2-5H,6H2,1H3.